The molecule has 0 spiro atoms. The minimum Gasteiger partial charge on any atom is -0.481 e. The van der Waals surface area contributed by atoms with E-state index >= 15 is 0 Å². The Morgan fingerprint density at radius 2 is 2.33 bits per heavy atom. The first-order valence-electron chi connectivity index (χ1n) is 4.11. The lowest BCUT2D eigenvalue weighted by Gasteiger charge is -2.13. The van der Waals surface area contributed by atoms with Gasteiger partial charge in [0.2, 0.25) is 10.0 Å². The molecular weight excluding hydrogens is 238 g/mol. The van der Waals surface area contributed by atoms with Crippen LogP contribution in [0.25, 0.3) is 0 Å². The maximum absolute atomic E-state index is 11.0. The van der Waals surface area contributed by atoms with Crippen molar-refractivity contribution >= 4 is 27.3 Å². The van der Waals surface area contributed by atoms with Crippen LogP contribution in [0.15, 0.2) is 17.5 Å². The monoisotopic (exact) mass is 249 g/mol. The first kappa shape index (κ1) is 12.2. The Hall–Kier alpha value is -0.920. The van der Waals surface area contributed by atoms with Gasteiger partial charge in [-0.25, -0.2) is 13.1 Å². The van der Waals surface area contributed by atoms with Crippen molar-refractivity contribution in [2.45, 2.75) is 12.5 Å². The van der Waals surface area contributed by atoms with Crippen molar-refractivity contribution in [1.29, 1.82) is 0 Å². The number of hydrogen-bond acceptors (Lipinski definition) is 4. The number of carboxylic acid groups (broad SMARTS) is 1. The van der Waals surface area contributed by atoms with Crippen molar-refractivity contribution in [2.24, 2.45) is 0 Å². The van der Waals surface area contributed by atoms with Gasteiger partial charge >= 0.3 is 5.97 Å². The van der Waals surface area contributed by atoms with Crippen molar-refractivity contribution in [3.8, 4) is 0 Å². The van der Waals surface area contributed by atoms with E-state index in [0.717, 1.165) is 6.26 Å². The van der Waals surface area contributed by atoms with Crippen LogP contribution in [-0.2, 0) is 14.8 Å². The predicted molar refractivity (Wildman–Crippen MR) is 57.3 cm³/mol. The van der Waals surface area contributed by atoms with E-state index in [2.05, 4.69) is 4.72 Å². The number of nitrogens with one attached hydrogen (secondary N) is 1. The molecule has 5 nitrogen and oxygen atoms in total. The lowest BCUT2D eigenvalue weighted by atomic mass is 10.2. The Labute approximate surface area is 91.8 Å². The van der Waals surface area contributed by atoms with Crippen molar-refractivity contribution in [1.82, 2.24) is 4.72 Å². The molecule has 1 aromatic rings. The molecule has 0 saturated heterocycles. The van der Waals surface area contributed by atoms with E-state index in [0.29, 0.717) is 4.88 Å². The van der Waals surface area contributed by atoms with E-state index in [9.17, 15) is 13.2 Å². The number of thiophene rings is 1. The highest BCUT2D eigenvalue weighted by Crippen LogP contribution is 2.22. The number of sulfonamides is 1. The van der Waals surface area contributed by atoms with Crippen LogP contribution in [0.1, 0.15) is 17.3 Å². The summed E-state index contributed by atoms with van der Waals surface area (Å²) in [6.07, 6.45) is 0.753. The van der Waals surface area contributed by atoms with Crippen LogP contribution in [0.2, 0.25) is 0 Å². The maximum Gasteiger partial charge on any atom is 0.305 e. The summed E-state index contributed by atoms with van der Waals surface area (Å²) in [6.45, 7) is 0. The third kappa shape index (κ3) is 4.41. The fourth-order valence-corrected chi connectivity index (χ4v) is 2.70. The summed E-state index contributed by atoms with van der Waals surface area (Å²) in [7, 11) is -3.40. The third-order valence-corrected chi connectivity index (χ3v) is 3.32. The molecule has 1 aromatic heterocycles. The Bertz CT molecular complexity index is 424. The molecule has 0 fully saturated rings. The van der Waals surface area contributed by atoms with Crippen molar-refractivity contribution in [3.05, 3.63) is 22.4 Å². The van der Waals surface area contributed by atoms with Gasteiger partial charge in [-0.1, -0.05) is 6.07 Å². The number of carboxylic acids is 1. The first-order valence-corrected chi connectivity index (χ1v) is 6.88. The van der Waals surface area contributed by atoms with Crippen LogP contribution in [-0.4, -0.2) is 25.7 Å². The van der Waals surface area contributed by atoms with E-state index in [4.69, 9.17) is 5.11 Å². The van der Waals surface area contributed by atoms with Crippen LogP contribution >= 0.6 is 11.3 Å². The van der Waals surface area contributed by atoms with E-state index < -0.39 is 22.0 Å². The lowest BCUT2D eigenvalue weighted by molar-refractivity contribution is -0.137. The highest BCUT2D eigenvalue weighted by Gasteiger charge is 2.19. The second-order valence-electron chi connectivity index (χ2n) is 3.06. The molecule has 0 aliphatic carbocycles. The second-order valence-corrected chi connectivity index (χ2v) is 5.82. The highest BCUT2D eigenvalue weighted by atomic mass is 32.2. The van der Waals surface area contributed by atoms with Crippen molar-refractivity contribution in [3.63, 3.8) is 0 Å². The van der Waals surface area contributed by atoms with Gasteiger partial charge in [0, 0.05) is 4.88 Å². The Kier molecular flexibility index (Phi) is 3.83. The minimum atomic E-state index is -3.40. The lowest BCUT2D eigenvalue weighted by Crippen LogP contribution is -2.28. The van der Waals surface area contributed by atoms with Crippen LogP contribution in [0, 0.1) is 0 Å². The molecule has 1 heterocycles. The molecule has 7 heteroatoms. The van der Waals surface area contributed by atoms with Gasteiger partial charge in [0.05, 0.1) is 18.7 Å². The highest BCUT2D eigenvalue weighted by molar-refractivity contribution is 7.88. The van der Waals surface area contributed by atoms with Gasteiger partial charge in [-0.15, -0.1) is 11.3 Å². The number of hydrogen-bond donors (Lipinski definition) is 2. The van der Waals surface area contributed by atoms with Gasteiger partial charge < -0.3 is 5.11 Å². The molecule has 0 aromatic carbocycles. The smallest absolute Gasteiger partial charge is 0.305 e. The van der Waals surface area contributed by atoms with E-state index in [1.165, 1.54) is 11.3 Å². The van der Waals surface area contributed by atoms with Gasteiger partial charge in [-0.3, -0.25) is 4.79 Å². The molecule has 84 valence electrons. The summed E-state index contributed by atoms with van der Waals surface area (Å²) < 4.78 is 24.3. The normalized spacial score (nSPS) is 13.7. The SMILES string of the molecule is CS(=O)(=O)NC(CC(=O)O)c1cccs1. The van der Waals surface area contributed by atoms with Gasteiger partial charge in [0.15, 0.2) is 0 Å². The van der Waals surface area contributed by atoms with Gasteiger partial charge in [0.25, 0.3) is 0 Å². The zero-order chi connectivity index (χ0) is 11.5. The van der Waals surface area contributed by atoms with Crippen molar-refractivity contribution < 1.29 is 18.3 Å². The molecule has 1 atom stereocenters. The van der Waals surface area contributed by atoms with E-state index in [1.54, 1.807) is 17.5 Å². The molecule has 15 heavy (non-hydrogen) atoms. The zero-order valence-electron chi connectivity index (χ0n) is 8.00. The fourth-order valence-electron chi connectivity index (χ4n) is 1.12. The Morgan fingerprint density at radius 1 is 1.67 bits per heavy atom. The molecule has 0 radical (unpaired) electrons. The number of aliphatic carboxylic acids is 1. The fraction of sp³-hybridized carbons (Fsp3) is 0.375. The molecule has 0 saturated carbocycles. The van der Waals surface area contributed by atoms with Gasteiger partial charge in [0.1, 0.15) is 0 Å². The Morgan fingerprint density at radius 3 is 2.73 bits per heavy atom. The van der Waals surface area contributed by atoms with Crippen LogP contribution in [0.5, 0.6) is 0 Å². The molecule has 0 aliphatic rings. The van der Waals surface area contributed by atoms with Gasteiger partial charge in [-0.2, -0.15) is 0 Å². The summed E-state index contributed by atoms with van der Waals surface area (Å²) >= 11 is 1.32. The average Bonchev–Trinajstić information content (AvgIpc) is 2.50. The topological polar surface area (TPSA) is 83.5 Å². The summed E-state index contributed by atoms with van der Waals surface area (Å²) in [5.74, 6) is -1.04. The first-order chi connectivity index (χ1) is 6.88. The minimum absolute atomic E-state index is 0.256. The Balaban J connectivity index is 2.84. The summed E-state index contributed by atoms with van der Waals surface area (Å²) in [5, 5.41) is 10.4. The standard InChI is InChI=1S/C8H11NO4S2/c1-15(12,13)9-6(5-8(10)11)7-3-2-4-14-7/h2-4,6,9H,5H2,1H3,(H,10,11). The molecule has 0 aliphatic heterocycles. The molecule has 1 unspecified atom stereocenters. The van der Waals surface area contributed by atoms with Crippen molar-refractivity contribution in [2.75, 3.05) is 6.26 Å². The molecule has 0 bridgehead atoms. The van der Waals surface area contributed by atoms with Crippen LogP contribution in [0.4, 0.5) is 0 Å². The number of carbonyl (C=O) groups is 1. The third-order valence-electron chi connectivity index (χ3n) is 1.62. The van der Waals surface area contributed by atoms with Gasteiger partial charge in [-0.05, 0) is 11.4 Å². The average molecular weight is 249 g/mol. The summed E-state index contributed by atoms with van der Waals surface area (Å²) in [6, 6.07) is 2.77. The largest absolute Gasteiger partial charge is 0.481 e. The molecule has 2 N–H and O–H groups in total. The predicted octanol–water partition coefficient (Wildman–Crippen LogP) is 0.813. The van der Waals surface area contributed by atoms with Crippen LogP contribution < -0.4 is 4.72 Å². The maximum atomic E-state index is 11.0. The molecular formula is C8H11NO4S2. The number of rotatable bonds is 5. The summed E-state index contributed by atoms with van der Waals surface area (Å²) in [5.41, 5.74) is 0. The zero-order valence-corrected chi connectivity index (χ0v) is 9.64. The summed E-state index contributed by atoms with van der Waals surface area (Å²) in [4.78, 5) is 11.3. The van der Waals surface area contributed by atoms with Crippen LogP contribution in [0.3, 0.4) is 0 Å². The quantitative estimate of drug-likeness (QED) is 0.809. The molecule has 1 rings (SSSR count). The second kappa shape index (κ2) is 4.73. The molecule has 0 amide bonds. The van der Waals surface area contributed by atoms with E-state index in [1.807, 2.05) is 0 Å². The van der Waals surface area contributed by atoms with E-state index in [-0.39, 0.29) is 6.42 Å².